The van der Waals surface area contributed by atoms with Crippen molar-refractivity contribution in [2.45, 2.75) is 65.7 Å². The fraction of sp³-hybridized carbons (Fsp3) is 0.882. The maximum absolute atomic E-state index is 3.62. The number of hydrogen-bond donors (Lipinski definition) is 1. The van der Waals surface area contributed by atoms with Crippen LogP contribution in [0.5, 0.6) is 0 Å². The first kappa shape index (κ1) is 15.6. The molecule has 0 aliphatic heterocycles. The van der Waals surface area contributed by atoms with E-state index in [1.54, 1.807) is 0 Å². The van der Waals surface area contributed by atoms with Gasteiger partial charge in [0.15, 0.2) is 0 Å². The van der Waals surface area contributed by atoms with Crippen LogP contribution in [0.4, 0.5) is 0 Å². The van der Waals surface area contributed by atoms with Crippen LogP contribution in [-0.4, -0.2) is 13.1 Å². The van der Waals surface area contributed by atoms with Gasteiger partial charge in [0, 0.05) is 6.42 Å². The lowest BCUT2D eigenvalue weighted by Gasteiger charge is -2.36. The largest absolute Gasteiger partial charge is 0.316 e. The third-order valence-electron chi connectivity index (χ3n) is 4.48. The van der Waals surface area contributed by atoms with E-state index >= 15 is 0 Å². The monoisotopic (exact) mass is 249 g/mol. The van der Waals surface area contributed by atoms with Gasteiger partial charge in [-0.05, 0) is 63.5 Å². The molecule has 1 fully saturated rings. The van der Waals surface area contributed by atoms with Crippen LogP contribution in [0.1, 0.15) is 65.7 Å². The molecule has 1 aliphatic rings. The Bertz CT molecular complexity index is 259. The summed E-state index contributed by atoms with van der Waals surface area (Å²) in [6.45, 7) is 8.96. The first-order valence-electron chi connectivity index (χ1n) is 7.92. The third-order valence-corrected chi connectivity index (χ3v) is 4.48. The molecule has 0 aromatic carbocycles. The Balaban J connectivity index is 2.41. The van der Waals surface area contributed by atoms with Crippen molar-refractivity contribution < 1.29 is 0 Å². The summed E-state index contributed by atoms with van der Waals surface area (Å²) in [5.41, 5.74) is 0. The Kier molecular flexibility index (Phi) is 8.18. The molecule has 1 saturated carbocycles. The molecule has 0 spiro atoms. The van der Waals surface area contributed by atoms with Crippen molar-refractivity contribution >= 4 is 0 Å². The SMILES string of the molecule is CC#CCCC1CC(CC)CCC1CNCCC. The van der Waals surface area contributed by atoms with Gasteiger partial charge in [-0.1, -0.05) is 26.7 Å². The second-order valence-electron chi connectivity index (χ2n) is 5.78. The minimum absolute atomic E-state index is 0.901. The molecule has 0 saturated heterocycles. The number of rotatable bonds is 7. The van der Waals surface area contributed by atoms with E-state index in [1.165, 1.54) is 51.6 Å². The van der Waals surface area contributed by atoms with E-state index in [0.29, 0.717) is 0 Å². The second-order valence-corrected chi connectivity index (χ2v) is 5.78. The zero-order chi connectivity index (χ0) is 13.2. The number of nitrogens with one attached hydrogen (secondary N) is 1. The van der Waals surface area contributed by atoms with E-state index in [2.05, 4.69) is 31.0 Å². The Hall–Kier alpha value is -0.480. The van der Waals surface area contributed by atoms with Gasteiger partial charge in [-0.25, -0.2) is 0 Å². The quantitative estimate of drug-likeness (QED) is 0.526. The predicted molar refractivity (Wildman–Crippen MR) is 80.5 cm³/mol. The van der Waals surface area contributed by atoms with Crippen LogP contribution in [-0.2, 0) is 0 Å². The standard InChI is InChI=1S/C17H31N/c1-4-7-8-9-16-13-15(6-3)10-11-17(16)14-18-12-5-2/h15-18H,5-6,8-14H2,1-3H3. The maximum atomic E-state index is 3.62. The van der Waals surface area contributed by atoms with E-state index in [4.69, 9.17) is 0 Å². The van der Waals surface area contributed by atoms with Crippen molar-refractivity contribution in [2.24, 2.45) is 17.8 Å². The molecule has 0 bridgehead atoms. The third kappa shape index (κ3) is 5.44. The van der Waals surface area contributed by atoms with E-state index in [1.807, 2.05) is 6.92 Å². The molecular weight excluding hydrogens is 218 g/mol. The van der Waals surface area contributed by atoms with Crippen LogP contribution in [0, 0.1) is 29.6 Å². The molecule has 0 aromatic heterocycles. The first-order chi connectivity index (χ1) is 8.81. The Labute approximate surface area is 114 Å². The highest BCUT2D eigenvalue weighted by atomic mass is 14.9. The lowest BCUT2D eigenvalue weighted by molar-refractivity contribution is 0.164. The van der Waals surface area contributed by atoms with Crippen LogP contribution in [0.25, 0.3) is 0 Å². The van der Waals surface area contributed by atoms with Crippen molar-refractivity contribution in [2.75, 3.05) is 13.1 Å². The molecule has 1 nitrogen and oxygen atoms in total. The first-order valence-corrected chi connectivity index (χ1v) is 7.92. The van der Waals surface area contributed by atoms with Crippen LogP contribution < -0.4 is 5.32 Å². The molecule has 1 aliphatic carbocycles. The van der Waals surface area contributed by atoms with Gasteiger partial charge in [0.05, 0.1) is 0 Å². The van der Waals surface area contributed by atoms with Gasteiger partial charge in [-0.3, -0.25) is 0 Å². The minimum atomic E-state index is 0.901. The molecule has 104 valence electrons. The van der Waals surface area contributed by atoms with Gasteiger partial charge in [-0.2, -0.15) is 0 Å². The van der Waals surface area contributed by atoms with E-state index in [0.717, 1.165) is 24.2 Å². The van der Waals surface area contributed by atoms with Crippen LogP contribution in [0.2, 0.25) is 0 Å². The highest BCUT2D eigenvalue weighted by Gasteiger charge is 2.28. The minimum Gasteiger partial charge on any atom is -0.316 e. The molecule has 18 heavy (non-hydrogen) atoms. The smallest absolute Gasteiger partial charge is 0.00913 e. The number of hydrogen-bond acceptors (Lipinski definition) is 1. The van der Waals surface area contributed by atoms with Crippen LogP contribution in [0.3, 0.4) is 0 Å². The maximum Gasteiger partial charge on any atom is 0.00913 e. The van der Waals surface area contributed by atoms with Crippen molar-refractivity contribution in [3.63, 3.8) is 0 Å². The second kappa shape index (κ2) is 9.45. The van der Waals surface area contributed by atoms with Crippen molar-refractivity contribution in [3.05, 3.63) is 0 Å². The van der Waals surface area contributed by atoms with Gasteiger partial charge in [0.1, 0.15) is 0 Å². The summed E-state index contributed by atoms with van der Waals surface area (Å²) in [5.74, 6) is 9.07. The molecular formula is C17H31N. The molecule has 0 aromatic rings. The van der Waals surface area contributed by atoms with Crippen molar-refractivity contribution in [1.29, 1.82) is 0 Å². The zero-order valence-electron chi connectivity index (χ0n) is 12.6. The molecule has 0 heterocycles. The lowest BCUT2D eigenvalue weighted by Crippen LogP contribution is -2.33. The fourth-order valence-electron chi connectivity index (χ4n) is 3.26. The van der Waals surface area contributed by atoms with E-state index in [9.17, 15) is 0 Å². The van der Waals surface area contributed by atoms with Gasteiger partial charge < -0.3 is 5.32 Å². The molecule has 3 unspecified atom stereocenters. The average molecular weight is 249 g/mol. The molecule has 1 rings (SSSR count). The van der Waals surface area contributed by atoms with Gasteiger partial charge in [0.25, 0.3) is 0 Å². The summed E-state index contributed by atoms with van der Waals surface area (Å²) in [7, 11) is 0. The Morgan fingerprint density at radius 2 is 2.00 bits per heavy atom. The zero-order valence-corrected chi connectivity index (χ0v) is 12.6. The summed E-state index contributed by atoms with van der Waals surface area (Å²) < 4.78 is 0. The molecule has 1 N–H and O–H groups in total. The van der Waals surface area contributed by atoms with Crippen molar-refractivity contribution in [3.8, 4) is 11.8 Å². The van der Waals surface area contributed by atoms with Crippen molar-refractivity contribution in [1.82, 2.24) is 5.32 Å². The van der Waals surface area contributed by atoms with Gasteiger partial charge in [0.2, 0.25) is 0 Å². The topological polar surface area (TPSA) is 12.0 Å². The normalized spacial score (nSPS) is 27.6. The molecule has 0 radical (unpaired) electrons. The van der Waals surface area contributed by atoms with Crippen LogP contribution >= 0.6 is 0 Å². The highest BCUT2D eigenvalue weighted by Crippen LogP contribution is 2.37. The molecule has 3 atom stereocenters. The molecule has 1 heteroatoms. The summed E-state index contributed by atoms with van der Waals surface area (Å²) in [5, 5.41) is 3.62. The lowest BCUT2D eigenvalue weighted by atomic mass is 9.71. The summed E-state index contributed by atoms with van der Waals surface area (Å²) >= 11 is 0. The van der Waals surface area contributed by atoms with Crippen LogP contribution in [0.15, 0.2) is 0 Å². The highest BCUT2D eigenvalue weighted by molar-refractivity contribution is 4.96. The van der Waals surface area contributed by atoms with Gasteiger partial charge >= 0.3 is 0 Å². The molecule has 0 amide bonds. The summed E-state index contributed by atoms with van der Waals surface area (Å²) in [6, 6.07) is 0. The summed E-state index contributed by atoms with van der Waals surface area (Å²) in [4.78, 5) is 0. The van der Waals surface area contributed by atoms with E-state index in [-0.39, 0.29) is 0 Å². The van der Waals surface area contributed by atoms with E-state index < -0.39 is 0 Å². The Morgan fingerprint density at radius 1 is 1.17 bits per heavy atom. The Morgan fingerprint density at radius 3 is 2.67 bits per heavy atom. The average Bonchev–Trinajstić information content (AvgIpc) is 2.40. The van der Waals surface area contributed by atoms with Gasteiger partial charge in [-0.15, -0.1) is 11.8 Å². The predicted octanol–water partition coefficient (Wildman–Crippen LogP) is 4.23. The fourth-order valence-corrected chi connectivity index (χ4v) is 3.26. The summed E-state index contributed by atoms with van der Waals surface area (Å²) in [6.07, 6.45) is 9.35.